The van der Waals surface area contributed by atoms with Gasteiger partial charge in [-0.05, 0) is 29.5 Å². The fourth-order valence-corrected chi connectivity index (χ4v) is 3.15. The number of carbonyl (C=O) groups is 1. The Labute approximate surface area is 138 Å². The summed E-state index contributed by atoms with van der Waals surface area (Å²) in [4.78, 5) is 23.7. The maximum Gasteiger partial charge on any atom is 0.276 e. The van der Waals surface area contributed by atoms with E-state index in [9.17, 15) is 14.9 Å². The van der Waals surface area contributed by atoms with Crippen molar-refractivity contribution in [3.63, 3.8) is 0 Å². The molecule has 1 heterocycles. The van der Waals surface area contributed by atoms with Crippen LogP contribution in [-0.2, 0) is 4.79 Å². The number of nitro groups is 1. The lowest BCUT2D eigenvalue weighted by atomic mass is 10.0. The van der Waals surface area contributed by atoms with Gasteiger partial charge in [-0.1, -0.05) is 32.0 Å². The molecule has 6 heteroatoms. The van der Waals surface area contributed by atoms with Crippen LogP contribution in [0.3, 0.4) is 0 Å². The number of amides is 1. The van der Waals surface area contributed by atoms with E-state index in [1.165, 1.54) is 18.2 Å². The fraction of sp³-hybridized carbons (Fsp3) is 0.235. The molecule has 0 saturated carbocycles. The van der Waals surface area contributed by atoms with Gasteiger partial charge in [-0.15, -0.1) is 11.3 Å². The number of rotatable bonds is 6. The number of nitro benzene ring substituents is 1. The summed E-state index contributed by atoms with van der Waals surface area (Å²) in [7, 11) is 0. The Bertz CT molecular complexity index is 708. The third kappa shape index (κ3) is 4.50. The van der Waals surface area contributed by atoms with Gasteiger partial charge in [0.2, 0.25) is 5.91 Å². The highest BCUT2D eigenvalue weighted by atomic mass is 32.1. The van der Waals surface area contributed by atoms with E-state index in [4.69, 9.17) is 0 Å². The molecule has 23 heavy (non-hydrogen) atoms. The van der Waals surface area contributed by atoms with E-state index in [1.807, 2.05) is 31.4 Å². The van der Waals surface area contributed by atoms with Crippen LogP contribution in [0.15, 0.2) is 47.9 Å². The standard InChI is InChI=1S/C17H18N2O3S/c1-12(2)17(15-8-5-11-23-15)18-16(20)10-9-13-6-3-4-7-14(13)19(21)22/h3-12,17H,1-2H3,(H,18,20)/b10-9+/t17-/m1/s1. The normalized spacial score (nSPS) is 12.5. The van der Waals surface area contributed by atoms with Crippen LogP contribution < -0.4 is 5.32 Å². The SMILES string of the molecule is CC(C)[C@@H](NC(=O)/C=C/c1ccccc1[N+](=O)[O-])c1cccs1. The molecule has 1 atom stereocenters. The van der Waals surface area contributed by atoms with Crippen molar-refractivity contribution >= 4 is 29.0 Å². The van der Waals surface area contributed by atoms with Gasteiger partial charge in [0, 0.05) is 17.0 Å². The summed E-state index contributed by atoms with van der Waals surface area (Å²) in [6.45, 7) is 4.08. The summed E-state index contributed by atoms with van der Waals surface area (Å²) < 4.78 is 0. The van der Waals surface area contributed by atoms with Gasteiger partial charge in [0.1, 0.15) is 0 Å². The van der Waals surface area contributed by atoms with Crippen molar-refractivity contribution in [2.75, 3.05) is 0 Å². The highest BCUT2D eigenvalue weighted by Crippen LogP contribution is 2.26. The van der Waals surface area contributed by atoms with Gasteiger partial charge in [-0.25, -0.2) is 0 Å². The Kier molecular flexibility index (Phi) is 5.65. The predicted molar refractivity (Wildman–Crippen MR) is 92.2 cm³/mol. The molecular weight excluding hydrogens is 312 g/mol. The van der Waals surface area contributed by atoms with Crippen molar-refractivity contribution in [3.8, 4) is 0 Å². The van der Waals surface area contributed by atoms with Gasteiger partial charge in [0.25, 0.3) is 5.69 Å². The zero-order valence-corrected chi connectivity index (χ0v) is 13.7. The van der Waals surface area contributed by atoms with E-state index in [0.717, 1.165) is 4.88 Å². The summed E-state index contributed by atoms with van der Waals surface area (Å²) in [6.07, 6.45) is 2.81. The molecule has 0 bridgehead atoms. The maximum absolute atomic E-state index is 12.1. The van der Waals surface area contributed by atoms with Crippen molar-refractivity contribution in [1.82, 2.24) is 5.32 Å². The summed E-state index contributed by atoms with van der Waals surface area (Å²) >= 11 is 1.59. The fourth-order valence-electron chi connectivity index (χ4n) is 2.20. The molecular formula is C17H18N2O3S. The number of nitrogens with zero attached hydrogens (tertiary/aromatic N) is 1. The average Bonchev–Trinajstić information content (AvgIpc) is 3.04. The van der Waals surface area contributed by atoms with Crippen molar-refractivity contribution in [2.24, 2.45) is 5.92 Å². The quantitative estimate of drug-likeness (QED) is 0.490. The van der Waals surface area contributed by atoms with Crippen LogP contribution in [0.1, 0.15) is 30.3 Å². The maximum atomic E-state index is 12.1. The summed E-state index contributed by atoms with van der Waals surface area (Å²) in [5.74, 6) is -0.0210. The molecule has 1 aromatic heterocycles. The van der Waals surface area contributed by atoms with E-state index >= 15 is 0 Å². The minimum absolute atomic E-state index is 0.0183. The number of benzene rings is 1. The Morgan fingerprint density at radius 2 is 2.00 bits per heavy atom. The zero-order chi connectivity index (χ0) is 16.8. The van der Waals surface area contributed by atoms with Crippen molar-refractivity contribution < 1.29 is 9.72 Å². The highest BCUT2D eigenvalue weighted by Gasteiger charge is 2.18. The van der Waals surface area contributed by atoms with Crippen molar-refractivity contribution in [3.05, 3.63) is 68.4 Å². The Hall–Kier alpha value is -2.47. The van der Waals surface area contributed by atoms with Gasteiger partial charge in [0.05, 0.1) is 16.5 Å². The van der Waals surface area contributed by atoms with Crippen molar-refractivity contribution in [2.45, 2.75) is 19.9 Å². The Balaban J connectivity index is 2.11. The number of para-hydroxylation sites is 1. The van der Waals surface area contributed by atoms with Crippen LogP contribution in [0, 0.1) is 16.0 Å². The summed E-state index contributed by atoms with van der Waals surface area (Å²) in [5, 5.41) is 15.9. The van der Waals surface area contributed by atoms with E-state index in [-0.39, 0.29) is 23.6 Å². The molecule has 120 valence electrons. The summed E-state index contributed by atoms with van der Waals surface area (Å²) in [6, 6.07) is 10.2. The number of thiophene rings is 1. The monoisotopic (exact) mass is 330 g/mol. The van der Waals surface area contributed by atoms with Crippen LogP contribution in [0.2, 0.25) is 0 Å². The van der Waals surface area contributed by atoms with Crippen LogP contribution in [0.4, 0.5) is 5.69 Å². The molecule has 5 nitrogen and oxygen atoms in total. The smallest absolute Gasteiger partial charge is 0.276 e. The minimum Gasteiger partial charge on any atom is -0.345 e. The lowest BCUT2D eigenvalue weighted by molar-refractivity contribution is -0.385. The van der Waals surface area contributed by atoms with Gasteiger partial charge in [0.15, 0.2) is 0 Å². The first-order valence-electron chi connectivity index (χ1n) is 7.24. The molecule has 0 radical (unpaired) electrons. The molecule has 0 spiro atoms. The lowest BCUT2D eigenvalue weighted by Gasteiger charge is -2.20. The van der Waals surface area contributed by atoms with Crippen LogP contribution in [0.25, 0.3) is 6.08 Å². The molecule has 0 aliphatic heterocycles. The second kappa shape index (κ2) is 7.69. The van der Waals surface area contributed by atoms with E-state index in [1.54, 1.807) is 29.5 Å². The topological polar surface area (TPSA) is 72.2 Å². The van der Waals surface area contributed by atoms with E-state index < -0.39 is 4.92 Å². The molecule has 0 unspecified atom stereocenters. The molecule has 0 fully saturated rings. The number of carbonyl (C=O) groups excluding carboxylic acids is 1. The van der Waals surface area contributed by atoms with Crippen LogP contribution in [-0.4, -0.2) is 10.8 Å². The molecule has 0 aliphatic carbocycles. The molecule has 2 rings (SSSR count). The first kappa shape index (κ1) is 16.9. The number of nitrogens with one attached hydrogen (secondary N) is 1. The third-order valence-electron chi connectivity index (χ3n) is 3.36. The minimum atomic E-state index is -0.458. The first-order chi connectivity index (χ1) is 11.0. The average molecular weight is 330 g/mol. The molecule has 1 aromatic carbocycles. The Morgan fingerprint density at radius 3 is 2.61 bits per heavy atom. The van der Waals surface area contributed by atoms with E-state index in [2.05, 4.69) is 5.32 Å². The number of hydrogen-bond acceptors (Lipinski definition) is 4. The second-order valence-corrected chi connectivity index (χ2v) is 6.37. The largest absolute Gasteiger partial charge is 0.345 e. The second-order valence-electron chi connectivity index (χ2n) is 5.39. The van der Waals surface area contributed by atoms with Crippen LogP contribution >= 0.6 is 11.3 Å². The van der Waals surface area contributed by atoms with E-state index in [0.29, 0.717) is 5.56 Å². The molecule has 2 aromatic rings. The Morgan fingerprint density at radius 1 is 1.26 bits per heavy atom. The molecule has 0 saturated heterocycles. The van der Waals surface area contributed by atoms with Gasteiger partial charge >= 0.3 is 0 Å². The highest BCUT2D eigenvalue weighted by molar-refractivity contribution is 7.10. The lowest BCUT2D eigenvalue weighted by Crippen LogP contribution is -2.29. The van der Waals surface area contributed by atoms with Crippen LogP contribution in [0.5, 0.6) is 0 Å². The summed E-state index contributed by atoms with van der Waals surface area (Å²) in [5.41, 5.74) is 0.389. The third-order valence-corrected chi connectivity index (χ3v) is 4.32. The molecule has 1 amide bonds. The molecule has 0 aliphatic rings. The van der Waals surface area contributed by atoms with Gasteiger partial charge < -0.3 is 5.32 Å². The molecule has 1 N–H and O–H groups in total. The van der Waals surface area contributed by atoms with Gasteiger partial charge in [-0.2, -0.15) is 0 Å². The zero-order valence-electron chi connectivity index (χ0n) is 12.9. The number of hydrogen-bond donors (Lipinski definition) is 1. The van der Waals surface area contributed by atoms with Crippen molar-refractivity contribution in [1.29, 1.82) is 0 Å². The predicted octanol–water partition coefficient (Wildman–Crippen LogP) is 4.18. The first-order valence-corrected chi connectivity index (χ1v) is 8.12. The van der Waals surface area contributed by atoms with Gasteiger partial charge in [-0.3, -0.25) is 14.9 Å².